The maximum atomic E-state index is 12.1. The van der Waals surface area contributed by atoms with Crippen molar-refractivity contribution in [3.63, 3.8) is 0 Å². The molecule has 146 valence electrons. The molecule has 6 nitrogen and oxygen atoms in total. The summed E-state index contributed by atoms with van der Waals surface area (Å²) in [5.41, 5.74) is 2.98. The Balaban J connectivity index is 1.72. The van der Waals surface area contributed by atoms with Crippen LogP contribution in [0.15, 0.2) is 35.2 Å². The van der Waals surface area contributed by atoms with Crippen molar-refractivity contribution in [2.45, 2.75) is 46.3 Å². The van der Waals surface area contributed by atoms with Crippen LogP contribution in [0.1, 0.15) is 49.7 Å². The molecule has 27 heavy (non-hydrogen) atoms. The number of nitrogens with zero attached hydrogens (tertiary/aromatic N) is 1. The van der Waals surface area contributed by atoms with Gasteiger partial charge in [-0.25, -0.2) is 9.78 Å². The molecule has 0 aliphatic rings. The number of amides is 1. The first-order chi connectivity index (χ1) is 12.9. The second kappa shape index (κ2) is 10.7. The summed E-state index contributed by atoms with van der Waals surface area (Å²) in [4.78, 5) is 28.1. The summed E-state index contributed by atoms with van der Waals surface area (Å²) in [6.07, 6.45) is 1.94. The lowest BCUT2D eigenvalue weighted by Gasteiger charge is -2.15. The molecule has 1 amide bonds. The molecule has 0 fully saturated rings. The fourth-order valence-corrected chi connectivity index (χ4v) is 2.88. The van der Waals surface area contributed by atoms with E-state index in [1.807, 2.05) is 12.3 Å². The summed E-state index contributed by atoms with van der Waals surface area (Å²) < 4.78 is 10.7. The van der Waals surface area contributed by atoms with Crippen LogP contribution in [0.3, 0.4) is 0 Å². The van der Waals surface area contributed by atoms with Gasteiger partial charge < -0.3 is 14.8 Å². The van der Waals surface area contributed by atoms with Gasteiger partial charge in [0, 0.05) is 11.4 Å². The van der Waals surface area contributed by atoms with E-state index in [1.54, 1.807) is 29.8 Å². The van der Waals surface area contributed by atoms with Crippen molar-refractivity contribution in [2.24, 2.45) is 5.92 Å². The number of nitrogens with one attached hydrogen (secondary N) is 1. The predicted octanol–water partition coefficient (Wildman–Crippen LogP) is 3.82. The molecule has 0 spiro atoms. The van der Waals surface area contributed by atoms with Gasteiger partial charge in [0.25, 0.3) is 5.91 Å². The van der Waals surface area contributed by atoms with E-state index in [2.05, 4.69) is 24.1 Å². The number of hydrogen-bond acceptors (Lipinski definition) is 6. The first-order valence-electron chi connectivity index (χ1n) is 9.00. The van der Waals surface area contributed by atoms with E-state index < -0.39 is 5.97 Å². The molecule has 0 radical (unpaired) electrons. The number of benzene rings is 1. The molecule has 1 N–H and O–H groups in total. The Morgan fingerprint density at radius 2 is 1.89 bits per heavy atom. The molecule has 1 aromatic heterocycles. The third kappa shape index (κ3) is 7.78. The van der Waals surface area contributed by atoms with Crippen LogP contribution in [0.5, 0.6) is 5.75 Å². The average Bonchev–Trinajstić information content (AvgIpc) is 3.17. The van der Waals surface area contributed by atoms with E-state index in [4.69, 9.17) is 9.47 Å². The van der Waals surface area contributed by atoms with Crippen molar-refractivity contribution in [1.29, 1.82) is 0 Å². The van der Waals surface area contributed by atoms with Gasteiger partial charge in [-0.15, -0.1) is 11.3 Å². The zero-order chi connectivity index (χ0) is 19.6. The number of ether oxygens (including phenoxy) is 2. The van der Waals surface area contributed by atoms with E-state index in [0.29, 0.717) is 23.8 Å². The van der Waals surface area contributed by atoms with Gasteiger partial charge in [0.1, 0.15) is 12.4 Å². The fourth-order valence-electron chi connectivity index (χ4n) is 2.34. The van der Waals surface area contributed by atoms with E-state index >= 15 is 0 Å². The zero-order valence-corrected chi connectivity index (χ0v) is 16.8. The predicted molar refractivity (Wildman–Crippen MR) is 105 cm³/mol. The third-order valence-electron chi connectivity index (χ3n) is 3.88. The van der Waals surface area contributed by atoms with Crippen molar-refractivity contribution in [3.05, 3.63) is 46.4 Å². The zero-order valence-electron chi connectivity index (χ0n) is 15.9. The molecule has 7 heteroatoms. The summed E-state index contributed by atoms with van der Waals surface area (Å²) in [6, 6.07) is 6.67. The number of carbonyl (C=O) groups is 2. The van der Waals surface area contributed by atoms with Crippen molar-refractivity contribution < 1.29 is 19.1 Å². The van der Waals surface area contributed by atoms with Crippen LogP contribution in [-0.2, 0) is 16.1 Å². The van der Waals surface area contributed by atoms with Gasteiger partial charge in [0.2, 0.25) is 0 Å². The minimum atomic E-state index is -0.536. The van der Waals surface area contributed by atoms with Crippen LogP contribution in [0.2, 0.25) is 0 Å². The Morgan fingerprint density at radius 1 is 1.15 bits per heavy atom. The smallest absolute Gasteiger partial charge is 0.338 e. The molecule has 0 aliphatic heterocycles. The monoisotopic (exact) mass is 390 g/mol. The maximum Gasteiger partial charge on any atom is 0.338 e. The lowest BCUT2D eigenvalue weighted by atomic mass is 10.0. The minimum absolute atomic E-state index is 0.0627. The number of carbonyl (C=O) groups excluding carboxylic acids is 2. The van der Waals surface area contributed by atoms with Crippen LogP contribution in [0.4, 0.5) is 0 Å². The quantitative estimate of drug-likeness (QED) is 0.624. The van der Waals surface area contributed by atoms with Crippen LogP contribution < -0.4 is 10.1 Å². The van der Waals surface area contributed by atoms with Crippen molar-refractivity contribution in [2.75, 3.05) is 6.61 Å². The van der Waals surface area contributed by atoms with Gasteiger partial charge in [-0.2, -0.15) is 0 Å². The molecule has 1 heterocycles. The van der Waals surface area contributed by atoms with Gasteiger partial charge in [-0.05, 0) is 49.9 Å². The number of aromatic nitrogens is 1. The Morgan fingerprint density at radius 3 is 2.52 bits per heavy atom. The third-order valence-corrected chi connectivity index (χ3v) is 4.51. The highest BCUT2D eigenvalue weighted by molar-refractivity contribution is 7.07. The number of thiazole rings is 1. The summed E-state index contributed by atoms with van der Waals surface area (Å²) >= 11 is 1.51. The van der Waals surface area contributed by atoms with Gasteiger partial charge in [0.15, 0.2) is 6.61 Å². The van der Waals surface area contributed by atoms with Crippen LogP contribution in [-0.4, -0.2) is 29.5 Å². The molecule has 0 saturated heterocycles. The molecular formula is C20H26N2O4S. The average molecular weight is 391 g/mol. The highest BCUT2D eigenvalue weighted by Gasteiger charge is 2.12. The Bertz CT molecular complexity index is 714. The fraction of sp³-hybridized carbons (Fsp3) is 0.450. The first kappa shape index (κ1) is 20.9. The van der Waals surface area contributed by atoms with Gasteiger partial charge in [-0.1, -0.05) is 13.8 Å². The first-order valence-corrected chi connectivity index (χ1v) is 9.94. The summed E-state index contributed by atoms with van der Waals surface area (Å²) in [7, 11) is 0. The molecule has 0 saturated carbocycles. The topological polar surface area (TPSA) is 77.5 Å². The minimum Gasteiger partial charge on any atom is -0.487 e. The molecule has 1 aromatic carbocycles. The second-order valence-corrected chi connectivity index (χ2v) is 7.53. The van der Waals surface area contributed by atoms with Crippen molar-refractivity contribution >= 4 is 23.2 Å². The molecular weight excluding hydrogens is 364 g/mol. The Kier molecular flexibility index (Phi) is 8.26. The molecule has 0 aliphatic carbocycles. The lowest BCUT2D eigenvalue weighted by molar-refractivity contribution is -0.124. The number of hydrogen-bond donors (Lipinski definition) is 1. The van der Waals surface area contributed by atoms with Gasteiger partial charge in [-0.3, -0.25) is 4.79 Å². The summed E-state index contributed by atoms with van der Waals surface area (Å²) in [5, 5.41) is 4.76. The van der Waals surface area contributed by atoms with Gasteiger partial charge >= 0.3 is 5.97 Å². The lowest BCUT2D eigenvalue weighted by Crippen LogP contribution is -2.36. The standard InChI is InChI=1S/C20H26N2O4S/c1-14(2)4-5-15(3)22-19(23)11-26-20(24)16-6-8-18(9-7-16)25-10-17-12-27-13-21-17/h6-9,12-15H,4-5,10-11H2,1-3H3,(H,22,23). The second-order valence-electron chi connectivity index (χ2n) is 6.81. The largest absolute Gasteiger partial charge is 0.487 e. The SMILES string of the molecule is CC(C)CCC(C)NC(=O)COC(=O)c1ccc(OCc2cscn2)cc1. The van der Waals surface area contributed by atoms with Crippen molar-refractivity contribution in [1.82, 2.24) is 10.3 Å². The van der Waals surface area contributed by atoms with Crippen LogP contribution in [0, 0.1) is 5.92 Å². The summed E-state index contributed by atoms with van der Waals surface area (Å²) in [6.45, 7) is 6.33. The Hall–Kier alpha value is -2.41. The van der Waals surface area contributed by atoms with Gasteiger partial charge in [0.05, 0.1) is 16.8 Å². The van der Waals surface area contributed by atoms with E-state index in [9.17, 15) is 9.59 Å². The Labute approximate surface area is 163 Å². The highest BCUT2D eigenvalue weighted by atomic mass is 32.1. The van der Waals surface area contributed by atoms with Crippen LogP contribution >= 0.6 is 11.3 Å². The highest BCUT2D eigenvalue weighted by Crippen LogP contribution is 2.15. The molecule has 0 bridgehead atoms. The van der Waals surface area contributed by atoms with E-state index in [-0.39, 0.29) is 18.6 Å². The number of esters is 1. The molecule has 2 aromatic rings. The molecule has 1 atom stereocenters. The van der Waals surface area contributed by atoms with E-state index in [0.717, 1.165) is 18.5 Å². The maximum absolute atomic E-state index is 12.1. The molecule has 2 rings (SSSR count). The normalized spacial score (nSPS) is 11.9. The van der Waals surface area contributed by atoms with E-state index in [1.165, 1.54) is 11.3 Å². The summed E-state index contributed by atoms with van der Waals surface area (Å²) in [5.74, 6) is 0.403. The van der Waals surface area contributed by atoms with Crippen molar-refractivity contribution in [3.8, 4) is 5.75 Å². The number of rotatable bonds is 10. The molecule has 1 unspecified atom stereocenters. The van der Waals surface area contributed by atoms with Crippen LogP contribution in [0.25, 0.3) is 0 Å².